The highest BCUT2D eigenvalue weighted by molar-refractivity contribution is 7.89. The van der Waals surface area contributed by atoms with Gasteiger partial charge in [0, 0.05) is 13.1 Å². The number of Topliss-reactive ketones (excluding diaryl/α,β-unsaturated/α-hetero) is 1. The Morgan fingerprint density at radius 3 is 2.34 bits per heavy atom. The van der Waals surface area contributed by atoms with E-state index in [1.54, 1.807) is 12.1 Å². The fourth-order valence-corrected chi connectivity index (χ4v) is 5.98. The predicted octanol–water partition coefficient (Wildman–Crippen LogP) is 4.66. The van der Waals surface area contributed by atoms with Crippen LogP contribution < -0.4 is 0 Å². The molecule has 1 fully saturated rings. The first-order valence-electron chi connectivity index (χ1n) is 9.04. The molecule has 0 atom stereocenters. The quantitative estimate of drug-likeness (QED) is 0.448. The van der Waals surface area contributed by atoms with Crippen molar-refractivity contribution in [3.05, 3.63) is 50.1 Å². The molecule has 0 radical (unpaired) electrons. The van der Waals surface area contributed by atoms with Crippen molar-refractivity contribution < 1.29 is 22.7 Å². The summed E-state index contributed by atoms with van der Waals surface area (Å²) in [6.45, 7) is 0.378. The van der Waals surface area contributed by atoms with Crippen LogP contribution in [0, 0.1) is 0 Å². The van der Waals surface area contributed by atoms with Gasteiger partial charge in [0.2, 0.25) is 15.8 Å². The molecule has 0 bridgehead atoms. The highest BCUT2D eigenvalue weighted by atomic mass is 35.5. The van der Waals surface area contributed by atoms with Crippen LogP contribution in [0.4, 0.5) is 0 Å². The number of hydrogen-bond acceptors (Lipinski definition) is 6. The molecule has 1 aromatic carbocycles. The van der Waals surface area contributed by atoms with Gasteiger partial charge in [0.1, 0.15) is 4.90 Å². The summed E-state index contributed by atoms with van der Waals surface area (Å²) in [5.74, 6) is -1.19. The normalized spacial score (nSPS) is 15.7. The zero-order chi connectivity index (χ0) is 21.0. The second kappa shape index (κ2) is 9.57. The summed E-state index contributed by atoms with van der Waals surface area (Å²) in [5.41, 5.74) is 0.0137. The van der Waals surface area contributed by atoms with Crippen LogP contribution in [0.5, 0.6) is 0 Å². The molecule has 0 spiro atoms. The summed E-state index contributed by atoms with van der Waals surface area (Å²) >= 11 is 13.0. The van der Waals surface area contributed by atoms with Crippen molar-refractivity contribution in [2.75, 3.05) is 19.7 Å². The van der Waals surface area contributed by atoms with Gasteiger partial charge in [-0.3, -0.25) is 4.79 Å². The maximum atomic E-state index is 13.0. The van der Waals surface area contributed by atoms with Crippen LogP contribution in [0.1, 0.15) is 45.7 Å². The van der Waals surface area contributed by atoms with Crippen LogP contribution in [0.3, 0.4) is 0 Å². The van der Waals surface area contributed by atoms with Gasteiger partial charge in [-0.15, -0.1) is 11.3 Å². The molecule has 2 heterocycles. The molecule has 156 valence electrons. The zero-order valence-electron chi connectivity index (χ0n) is 15.4. The molecule has 0 unspecified atom stereocenters. The van der Waals surface area contributed by atoms with Gasteiger partial charge in [-0.1, -0.05) is 36.0 Å². The van der Waals surface area contributed by atoms with Gasteiger partial charge < -0.3 is 4.74 Å². The number of ether oxygens (including phenoxy) is 1. The summed E-state index contributed by atoms with van der Waals surface area (Å²) in [6, 6.07) is 7.07. The van der Waals surface area contributed by atoms with E-state index in [0.29, 0.717) is 22.3 Å². The van der Waals surface area contributed by atoms with Gasteiger partial charge in [0.05, 0.1) is 19.8 Å². The van der Waals surface area contributed by atoms with Crippen molar-refractivity contribution >= 4 is 56.3 Å². The number of carbonyl (C=O) groups is 2. The first-order chi connectivity index (χ1) is 13.8. The molecule has 0 N–H and O–H groups in total. The number of benzene rings is 1. The lowest BCUT2D eigenvalue weighted by molar-refractivity contribution is 0.0475. The maximum Gasteiger partial charge on any atom is 0.338 e. The van der Waals surface area contributed by atoms with E-state index < -0.39 is 22.6 Å². The summed E-state index contributed by atoms with van der Waals surface area (Å²) in [5, 5.41) is 0.0371. The van der Waals surface area contributed by atoms with E-state index in [1.807, 2.05) is 0 Å². The molecule has 1 aliphatic heterocycles. The van der Waals surface area contributed by atoms with E-state index in [2.05, 4.69) is 0 Å². The van der Waals surface area contributed by atoms with Crippen molar-refractivity contribution in [3.8, 4) is 0 Å². The van der Waals surface area contributed by atoms with Crippen LogP contribution in [0.2, 0.25) is 9.36 Å². The van der Waals surface area contributed by atoms with Crippen LogP contribution in [-0.2, 0) is 14.8 Å². The summed E-state index contributed by atoms with van der Waals surface area (Å²) in [6.07, 6.45) is 3.53. The second-order valence-electron chi connectivity index (χ2n) is 6.57. The van der Waals surface area contributed by atoms with Crippen molar-refractivity contribution in [3.63, 3.8) is 0 Å². The molecule has 6 nitrogen and oxygen atoms in total. The highest BCUT2D eigenvalue weighted by Gasteiger charge is 2.28. The molecule has 29 heavy (non-hydrogen) atoms. The van der Waals surface area contributed by atoms with Crippen LogP contribution in [-0.4, -0.2) is 44.2 Å². The Kier molecular flexibility index (Phi) is 7.34. The smallest absolute Gasteiger partial charge is 0.338 e. The van der Waals surface area contributed by atoms with E-state index in [0.717, 1.165) is 37.0 Å². The number of halogens is 2. The fraction of sp³-hybridized carbons (Fsp3) is 0.368. The number of sulfonamides is 1. The minimum absolute atomic E-state index is 0.0137. The SMILES string of the molecule is O=C(OCC(=O)c1ccc(Cl)s1)c1ccc(Cl)c(S(=O)(=O)N2CCCCCC2)c1. The van der Waals surface area contributed by atoms with Crippen molar-refractivity contribution in [2.24, 2.45) is 0 Å². The van der Waals surface area contributed by atoms with Crippen LogP contribution in [0.25, 0.3) is 0 Å². The third kappa shape index (κ3) is 5.38. The van der Waals surface area contributed by atoms with Crippen molar-refractivity contribution in [2.45, 2.75) is 30.6 Å². The molecule has 0 saturated carbocycles. The van der Waals surface area contributed by atoms with Gasteiger partial charge in [-0.25, -0.2) is 13.2 Å². The Morgan fingerprint density at radius 1 is 1.03 bits per heavy atom. The van der Waals surface area contributed by atoms with Gasteiger partial charge in [0.15, 0.2) is 6.61 Å². The summed E-state index contributed by atoms with van der Waals surface area (Å²) in [7, 11) is -3.83. The lowest BCUT2D eigenvalue weighted by atomic mass is 10.2. The Bertz CT molecular complexity index is 1010. The summed E-state index contributed by atoms with van der Waals surface area (Å²) in [4.78, 5) is 24.7. The summed E-state index contributed by atoms with van der Waals surface area (Å²) < 4.78 is 32.9. The number of ketones is 1. The minimum atomic E-state index is -3.83. The maximum absolute atomic E-state index is 13.0. The largest absolute Gasteiger partial charge is 0.454 e. The van der Waals surface area contributed by atoms with E-state index >= 15 is 0 Å². The number of carbonyl (C=O) groups excluding carboxylic acids is 2. The van der Waals surface area contributed by atoms with E-state index in [4.69, 9.17) is 27.9 Å². The van der Waals surface area contributed by atoms with E-state index in [9.17, 15) is 18.0 Å². The number of rotatable bonds is 6. The average Bonchev–Trinajstić information content (AvgIpc) is 2.95. The number of nitrogens with zero attached hydrogens (tertiary/aromatic N) is 1. The fourth-order valence-electron chi connectivity index (χ4n) is 3.00. The molecule has 10 heteroatoms. The monoisotopic (exact) mass is 475 g/mol. The molecule has 1 aliphatic rings. The lowest BCUT2D eigenvalue weighted by Crippen LogP contribution is -2.32. The molecule has 0 aliphatic carbocycles. The molecule has 0 amide bonds. The zero-order valence-corrected chi connectivity index (χ0v) is 18.5. The standard InChI is InChI=1S/C19H19Cl2NO5S2/c20-14-6-5-13(19(24)27-12-15(23)16-7-8-18(21)28-16)11-17(14)29(25,26)22-9-3-1-2-4-10-22/h5-8,11H,1-4,9-10,12H2. The average molecular weight is 476 g/mol. The number of esters is 1. The van der Waals surface area contributed by atoms with Crippen LogP contribution >= 0.6 is 34.5 Å². The third-order valence-corrected chi connectivity index (χ3v) is 8.18. The highest BCUT2D eigenvalue weighted by Crippen LogP contribution is 2.28. The van der Waals surface area contributed by atoms with Gasteiger partial charge in [-0.05, 0) is 43.2 Å². The first-order valence-corrected chi connectivity index (χ1v) is 12.1. The molecule has 1 saturated heterocycles. The first kappa shape index (κ1) is 22.2. The van der Waals surface area contributed by atoms with Crippen LogP contribution in [0.15, 0.2) is 35.2 Å². The Labute approximate surface area is 183 Å². The predicted molar refractivity (Wildman–Crippen MR) is 113 cm³/mol. The molecule has 3 rings (SSSR count). The molecular weight excluding hydrogens is 457 g/mol. The van der Waals surface area contributed by atoms with E-state index in [1.165, 1.54) is 22.5 Å². The van der Waals surface area contributed by atoms with Gasteiger partial charge in [0.25, 0.3) is 0 Å². The number of thiophene rings is 1. The minimum Gasteiger partial charge on any atom is -0.454 e. The lowest BCUT2D eigenvalue weighted by Gasteiger charge is -2.21. The molecule has 1 aromatic heterocycles. The van der Waals surface area contributed by atoms with Crippen molar-refractivity contribution in [1.82, 2.24) is 4.31 Å². The molecular formula is C19H19Cl2NO5S2. The topological polar surface area (TPSA) is 80.8 Å². The van der Waals surface area contributed by atoms with E-state index in [-0.39, 0.29) is 21.3 Å². The Hall–Kier alpha value is -1.45. The number of hydrogen-bond donors (Lipinski definition) is 0. The third-order valence-electron chi connectivity index (χ3n) is 4.53. The molecule has 2 aromatic rings. The van der Waals surface area contributed by atoms with Crippen molar-refractivity contribution in [1.29, 1.82) is 0 Å². The van der Waals surface area contributed by atoms with Gasteiger partial charge >= 0.3 is 5.97 Å². The Morgan fingerprint density at radius 2 is 1.72 bits per heavy atom. The second-order valence-corrected chi connectivity index (χ2v) is 10.6. The Balaban J connectivity index is 1.75. The van der Waals surface area contributed by atoms with Gasteiger partial charge in [-0.2, -0.15) is 4.31 Å².